The van der Waals surface area contributed by atoms with Crippen molar-refractivity contribution in [3.8, 4) is 11.1 Å². The molecule has 0 bridgehead atoms. The first-order valence-corrected chi connectivity index (χ1v) is 12.9. The predicted molar refractivity (Wildman–Crippen MR) is 147 cm³/mol. The van der Waals surface area contributed by atoms with E-state index in [2.05, 4.69) is 12.2 Å². The zero-order chi connectivity index (χ0) is 26.9. The third-order valence-corrected chi connectivity index (χ3v) is 7.08. The van der Waals surface area contributed by atoms with Crippen molar-refractivity contribution in [2.75, 3.05) is 25.7 Å². The molecule has 1 fully saturated rings. The minimum Gasteiger partial charge on any atom is -0.500 e. The lowest BCUT2D eigenvalue weighted by Crippen LogP contribution is -2.34. The molecule has 2 aliphatic carbocycles. The maximum absolute atomic E-state index is 13.5. The number of hydrogen-bond acceptors (Lipinski definition) is 5. The molecule has 2 aromatic rings. The zero-order valence-corrected chi connectivity index (χ0v) is 22.3. The van der Waals surface area contributed by atoms with Crippen LogP contribution in [0.2, 0.25) is 0 Å². The quantitative estimate of drug-likeness (QED) is 0.405. The van der Waals surface area contributed by atoms with Crippen LogP contribution < -0.4 is 4.90 Å². The van der Waals surface area contributed by atoms with E-state index in [1.54, 1.807) is 19.2 Å². The molecule has 1 saturated carbocycles. The number of allylic oxidation sites excluding steroid dienone is 3. The Labute approximate surface area is 223 Å². The van der Waals surface area contributed by atoms with Crippen LogP contribution in [0, 0.1) is 5.92 Å². The summed E-state index contributed by atoms with van der Waals surface area (Å²) in [4.78, 5) is 27.2. The zero-order valence-electron chi connectivity index (χ0n) is 22.3. The van der Waals surface area contributed by atoms with Crippen LogP contribution in [0.25, 0.3) is 11.1 Å². The van der Waals surface area contributed by atoms with E-state index in [4.69, 9.17) is 14.2 Å². The third kappa shape index (κ3) is 5.44. The van der Waals surface area contributed by atoms with Crippen molar-refractivity contribution in [3.05, 3.63) is 101 Å². The van der Waals surface area contributed by atoms with Crippen molar-refractivity contribution in [2.24, 2.45) is 5.92 Å². The van der Waals surface area contributed by atoms with Gasteiger partial charge in [-0.25, -0.2) is 4.79 Å². The van der Waals surface area contributed by atoms with Crippen molar-refractivity contribution < 1.29 is 23.8 Å². The van der Waals surface area contributed by atoms with Gasteiger partial charge in [0.1, 0.15) is 17.1 Å². The molecule has 3 aliphatic rings. The summed E-state index contributed by atoms with van der Waals surface area (Å²) in [7, 11) is 3.04. The average Bonchev–Trinajstić information content (AvgIpc) is 3.78. The summed E-state index contributed by atoms with van der Waals surface area (Å²) in [5.74, 6) is 1.47. The fourth-order valence-corrected chi connectivity index (χ4v) is 4.75. The normalized spacial score (nSPS) is 17.9. The van der Waals surface area contributed by atoms with Crippen LogP contribution in [0.4, 0.5) is 5.69 Å². The van der Waals surface area contributed by atoms with Crippen molar-refractivity contribution in [3.63, 3.8) is 0 Å². The lowest BCUT2D eigenvalue weighted by atomic mass is 10.0. The van der Waals surface area contributed by atoms with Gasteiger partial charge in [-0.2, -0.15) is 0 Å². The highest BCUT2D eigenvalue weighted by Gasteiger charge is 2.35. The van der Waals surface area contributed by atoms with Crippen molar-refractivity contribution in [1.82, 2.24) is 0 Å². The lowest BCUT2D eigenvalue weighted by molar-refractivity contribution is -0.119. The van der Waals surface area contributed by atoms with E-state index >= 15 is 0 Å². The minimum atomic E-state index is -0.375. The monoisotopic (exact) mass is 511 g/mol. The SMILES string of the molecule is COC(=O)c1ccc(-c2cccc(N(CC3=C(OC)CC4=C(C=C3)C=CC(C)(C)O4)C(=O)C3CC3)c2)cc1. The van der Waals surface area contributed by atoms with Gasteiger partial charge in [-0.3, -0.25) is 4.79 Å². The van der Waals surface area contributed by atoms with Crippen LogP contribution in [-0.2, 0) is 19.0 Å². The molecule has 6 heteroatoms. The van der Waals surface area contributed by atoms with E-state index in [1.807, 2.05) is 67.3 Å². The van der Waals surface area contributed by atoms with Gasteiger partial charge in [-0.1, -0.05) is 42.5 Å². The number of methoxy groups -OCH3 is 2. The summed E-state index contributed by atoms with van der Waals surface area (Å²) in [6.45, 7) is 4.46. The molecule has 0 radical (unpaired) electrons. The van der Waals surface area contributed by atoms with Crippen LogP contribution in [0.5, 0.6) is 0 Å². The summed E-state index contributed by atoms with van der Waals surface area (Å²) in [6, 6.07) is 15.2. The van der Waals surface area contributed by atoms with Crippen LogP contribution in [0.1, 0.15) is 43.5 Å². The van der Waals surface area contributed by atoms with Gasteiger partial charge in [0.05, 0.1) is 32.7 Å². The predicted octanol–water partition coefficient (Wildman–Crippen LogP) is 6.36. The maximum atomic E-state index is 13.5. The Morgan fingerprint density at radius 1 is 1.00 bits per heavy atom. The summed E-state index contributed by atoms with van der Waals surface area (Å²) < 4.78 is 16.9. The molecule has 1 heterocycles. The molecule has 1 amide bonds. The fraction of sp³-hybridized carbons (Fsp3) is 0.312. The Morgan fingerprint density at radius 2 is 1.76 bits per heavy atom. The second-order valence-corrected chi connectivity index (χ2v) is 10.4. The fourth-order valence-electron chi connectivity index (χ4n) is 4.75. The van der Waals surface area contributed by atoms with Gasteiger partial charge in [-0.15, -0.1) is 0 Å². The molecule has 5 rings (SSSR count). The van der Waals surface area contributed by atoms with Gasteiger partial charge in [-0.05, 0) is 68.2 Å². The van der Waals surface area contributed by atoms with Gasteiger partial charge in [0.2, 0.25) is 5.91 Å². The van der Waals surface area contributed by atoms with Crippen LogP contribution in [0.15, 0.2) is 95.5 Å². The third-order valence-electron chi connectivity index (χ3n) is 7.08. The highest BCUT2D eigenvalue weighted by Crippen LogP contribution is 2.37. The standard InChI is InChI=1S/C32H33NO5/c1-32(2)17-16-22-10-15-26(28(36-3)19-29(22)38-32)20-33(30(34)23-11-12-23)27-7-5-6-25(18-27)21-8-13-24(14-9-21)31(35)37-4/h5-10,13-18,23H,11-12,19-20H2,1-4H3. The molecule has 0 spiro atoms. The van der Waals surface area contributed by atoms with Gasteiger partial charge >= 0.3 is 5.97 Å². The first kappa shape index (κ1) is 25.6. The number of ether oxygens (including phenoxy) is 3. The van der Waals surface area contributed by atoms with Crippen LogP contribution >= 0.6 is 0 Å². The van der Waals surface area contributed by atoms with Crippen molar-refractivity contribution in [2.45, 2.75) is 38.7 Å². The second kappa shape index (κ2) is 10.4. The highest BCUT2D eigenvalue weighted by molar-refractivity contribution is 5.97. The van der Waals surface area contributed by atoms with Crippen LogP contribution in [0.3, 0.4) is 0 Å². The molecule has 0 atom stereocenters. The Bertz CT molecular complexity index is 1370. The molecule has 2 aromatic carbocycles. The van der Waals surface area contributed by atoms with Crippen molar-refractivity contribution >= 4 is 17.6 Å². The van der Waals surface area contributed by atoms with Crippen molar-refractivity contribution in [1.29, 1.82) is 0 Å². The maximum Gasteiger partial charge on any atom is 0.337 e. The molecule has 6 nitrogen and oxygen atoms in total. The second-order valence-electron chi connectivity index (χ2n) is 10.4. The number of benzene rings is 2. The number of amides is 1. The molecular formula is C32H33NO5. The van der Waals surface area contributed by atoms with E-state index in [-0.39, 0.29) is 23.4 Å². The Hall–Kier alpha value is -4.06. The highest BCUT2D eigenvalue weighted by atomic mass is 16.5. The number of hydrogen-bond donors (Lipinski definition) is 0. The van der Waals surface area contributed by atoms with E-state index in [0.717, 1.165) is 52.3 Å². The first-order chi connectivity index (χ1) is 18.3. The molecule has 0 unspecified atom stereocenters. The minimum absolute atomic E-state index is 0.0535. The number of rotatable bonds is 7. The van der Waals surface area contributed by atoms with E-state index in [9.17, 15) is 9.59 Å². The smallest absolute Gasteiger partial charge is 0.337 e. The molecule has 38 heavy (non-hydrogen) atoms. The lowest BCUT2D eigenvalue weighted by Gasteiger charge is -2.29. The first-order valence-electron chi connectivity index (χ1n) is 12.9. The van der Waals surface area contributed by atoms with Gasteiger partial charge in [0.15, 0.2) is 0 Å². The number of carbonyl (C=O) groups is 2. The molecule has 1 aliphatic heterocycles. The van der Waals surface area contributed by atoms with Gasteiger partial charge in [0.25, 0.3) is 0 Å². The topological polar surface area (TPSA) is 65.1 Å². The van der Waals surface area contributed by atoms with Crippen LogP contribution in [-0.4, -0.2) is 38.2 Å². The van der Waals surface area contributed by atoms with Gasteiger partial charge < -0.3 is 19.1 Å². The van der Waals surface area contributed by atoms with E-state index in [1.165, 1.54) is 7.11 Å². The molecule has 196 valence electrons. The molecule has 0 N–H and O–H groups in total. The van der Waals surface area contributed by atoms with E-state index < -0.39 is 0 Å². The Kier molecular flexibility index (Phi) is 6.98. The number of carbonyl (C=O) groups excluding carboxylic acids is 2. The summed E-state index contributed by atoms with van der Waals surface area (Å²) in [5.41, 5.74) is 4.82. The molecular weight excluding hydrogens is 478 g/mol. The van der Waals surface area contributed by atoms with E-state index in [0.29, 0.717) is 18.5 Å². The average molecular weight is 512 g/mol. The number of anilines is 1. The molecule has 0 aromatic heterocycles. The Morgan fingerprint density at radius 3 is 2.45 bits per heavy atom. The summed E-state index contributed by atoms with van der Waals surface area (Å²) >= 11 is 0. The van der Waals surface area contributed by atoms with Gasteiger partial charge in [0, 0.05) is 22.8 Å². The molecule has 0 saturated heterocycles. The summed E-state index contributed by atoms with van der Waals surface area (Å²) in [6.07, 6.45) is 10.6. The number of nitrogens with zero attached hydrogens (tertiary/aromatic N) is 1. The number of esters is 1. The largest absolute Gasteiger partial charge is 0.500 e. The Balaban J connectivity index is 1.45. The summed E-state index contributed by atoms with van der Waals surface area (Å²) in [5, 5.41) is 0.